The van der Waals surface area contributed by atoms with Gasteiger partial charge in [-0.3, -0.25) is 4.79 Å². The van der Waals surface area contributed by atoms with Crippen LogP contribution in [0.3, 0.4) is 0 Å². The Bertz CT molecular complexity index is 416. The molecule has 92 valence electrons. The average molecular weight is 240 g/mol. The van der Waals surface area contributed by atoms with E-state index < -0.39 is 23.0 Å². The van der Waals surface area contributed by atoms with E-state index in [1.807, 2.05) is 6.92 Å². The summed E-state index contributed by atoms with van der Waals surface area (Å²) in [5.41, 5.74) is -0.420. The molecule has 0 N–H and O–H groups in total. The first kappa shape index (κ1) is 12.0. The predicted molar refractivity (Wildman–Crippen MR) is 59.2 cm³/mol. The van der Waals surface area contributed by atoms with Crippen LogP contribution in [-0.2, 0) is 0 Å². The number of hydrogen-bond acceptors (Lipinski definition) is 2. The lowest BCUT2D eigenvalue weighted by Gasteiger charge is -2.08. The van der Waals surface area contributed by atoms with E-state index in [1.165, 1.54) is 0 Å². The minimum absolute atomic E-state index is 0.134. The minimum Gasteiger partial charge on any atom is -0.493 e. The van der Waals surface area contributed by atoms with Crippen LogP contribution >= 0.6 is 0 Å². The number of hydrogen-bond donors (Lipinski definition) is 0. The van der Waals surface area contributed by atoms with Crippen molar-refractivity contribution in [2.45, 2.75) is 26.2 Å². The third-order valence-electron chi connectivity index (χ3n) is 2.68. The van der Waals surface area contributed by atoms with Gasteiger partial charge in [-0.1, -0.05) is 6.92 Å². The molecule has 17 heavy (non-hydrogen) atoms. The molecule has 1 fully saturated rings. The van der Waals surface area contributed by atoms with Crippen LogP contribution < -0.4 is 4.74 Å². The molecule has 0 atom stereocenters. The molecular formula is C13H14F2O2. The molecule has 1 aromatic rings. The van der Waals surface area contributed by atoms with E-state index in [2.05, 4.69) is 0 Å². The average Bonchev–Trinajstić information content (AvgIpc) is 3.08. The minimum atomic E-state index is -0.826. The normalized spacial score (nSPS) is 14.8. The van der Waals surface area contributed by atoms with Gasteiger partial charge < -0.3 is 4.74 Å². The van der Waals surface area contributed by atoms with Crippen LogP contribution in [0.1, 0.15) is 36.5 Å². The lowest BCUT2D eigenvalue weighted by molar-refractivity contribution is 0.0959. The van der Waals surface area contributed by atoms with E-state index in [-0.39, 0.29) is 11.7 Å². The van der Waals surface area contributed by atoms with Gasteiger partial charge in [0.2, 0.25) is 0 Å². The highest BCUT2D eigenvalue weighted by atomic mass is 19.1. The molecule has 1 saturated carbocycles. The Hall–Kier alpha value is -1.45. The number of rotatable bonds is 5. The Morgan fingerprint density at radius 2 is 1.94 bits per heavy atom. The lowest BCUT2D eigenvalue weighted by atomic mass is 10.1. The second-order valence-corrected chi connectivity index (χ2v) is 4.25. The molecule has 0 spiro atoms. The molecule has 1 aliphatic rings. The number of carbonyl (C=O) groups is 1. The molecule has 2 nitrogen and oxygen atoms in total. The standard InChI is InChI=1S/C13H14F2O2/c1-2-5-17-9-6-10(14)12(11(15)7-9)13(16)8-3-4-8/h6-8H,2-5H2,1H3. The number of benzene rings is 1. The first-order valence-electron chi connectivity index (χ1n) is 5.79. The fraction of sp³-hybridized carbons (Fsp3) is 0.462. The van der Waals surface area contributed by atoms with Crippen molar-refractivity contribution in [1.82, 2.24) is 0 Å². The van der Waals surface area contributed by atoms with Crippen molar-refractivity contribution >= 4 is 5.78 Å². The van der Waals surface area contributed by atoms with E-state index in [0.29, 0.717) is 6.61 Å². The van der Waals surface area contributed by atoms with Gasteiger partial charge in [0.05, 0.1) is 12.2 Å². The summed E-state index contributed by atoms with van der Waals surface area (Å²) in [6, 6.07) is 2.16. The molecule has 0 radical (unpaired) electrons. The molecule has 0 unspecified atom stereocenters. The predicted octanol–water partition coefficient (Wildman–Crippen LogP) is 3.35. The third-order valence-corrected chi connectivity index (χ3v) is 2.68. The zero-order chi connectivity index (χ0) is 12.4. The summed E-state index contributed by atoms with van der Waals surface area (Å²) in [5.74, 6) is -2.14. The Kier molecular flexibility index (Phi) is 3.41. The Balaban J connectivity index is 2.25. The van der Waals surface area contributed by atoms with E-state index in [4.69, 9.17) is 4.74 Å². The van der Waals surface area contributed by atoms with Crippen molar-refractivity contribution in [2.24, 2.45) is 5.92 Å². The second kappa shape index (κ2) is 4.82. The van der Waals surface area contributed by atoms with Crippen LogP contribution in [0.5, 0.6) is 5.75 Å². The first-order chi connectivity index (χ1) is 8.13. The fourth-order valence-electron chi connectivity index (χ4n) is 1.64. The van der Waals surface area contributed by atoms with Crippen molar-refractivity contribution in [3.8, 4) is 5.75 Å². The third kappa shape index (κ3) is 2.62. The van der Waals surface area contributed by atoms with Gasteiger partial charge in [0.1, 0.15) is 17.4 Å². The van der Waals surface area contributed by atoms with Crippen LogP contribution in [0.2, 0.25) is 0 Å². The van der Waals surface area contributed by atoms with Gasteiger partial charge in [-0.05, 0) is 19.3 Å². The van der Waals surface area contributed by atoms with Gasteiger partial charge >= 0.3 is 0 Å². The zero-order valence-corrected chi connectivity index (χ0v) is 9.63. The molecule has 1 aromatic carbocycles. The van der Waals surface area contributed by atoms with E-state index in [0.717, 1.165) is 31.4 Å². The number of ketones is 1. The Morgan fingerprint density at radius 1 is 1.35 bits per heavy atom. The van der Waals surface area contributed by atoms with Crippen LogP contribution in [0.4, 0.5) is 8.78 Å². The van der Waals surface area contributed by atoms with Crippen molar-refractivity contribution < 1.29 is 18.3 Å². The van der Waals surface area contributed by atoms with Crippen LogP contribution in [-0.4, -0.2) is 12.4 Å². The highest BCUT2D eigenvalue weighted by Gasteiger charge is 2.34. The van der Waals surface area contributed by atoms with Crippen LogP contribution in [0.25, 0.3) is 0 Å². The summed E-state index contributed by atoms with van der Waals surface area (Å²) in [4.78, 5) is 11.7. The van der Waals surface area contributed by atoms with Crippen molar-refractivity contribution in [2.75, 3.05) is 6.61 Å². The van der Waals surface area contributed by atoms with Gasteiger partial charge in [-0.15, -0.1) is 0 Å². The quantitative estimate of drug-likeness (QED) is 0.738. The highest BCUT2D eigenvalue weighted by molar-refractivity contribution is 5.99. The second-order valence-electron chi connectivity index (χ2n) is 4.25. The SMILES string of the molecule is CCCOc1cc(F)c(C(=O)C2CC2)c(F)c1. The zero-order valence-electron chi connectivity index (χ0n) is 9.63. The number of ether oxygens (including phenoxy) is 1. The number of Topliss-reactive ketones (excluding diaryl/α,β-unsaturated/α-hetero) is 1. The largest absolute Gasteiger partial charge is 0.493 e. The van der Waals surface area contributed by atoms with Gasteiger partial charge in [0.25, 0.3) is 0 Å². The maximum Gasteiger partial charge on any atom is 0.171 e. The van der Waals surface area contributed by atoms with Gasteiger partial charge in [-0.2, -0.15) is 0 Å². The Labute approximate surface area is 98.6 Å². The molecule has 0 aliphatic heterocycles. The highest BCUT2D eigenvalue weighted by Crippen LogP contribution is 2.34. The number of halogens is 2. The molecule has 4 heteroatoms. The Morgan fingerprint density at radius 3 is 2.41 bits per heavy atom. The van der Waals surface area contributed by atoms with Crippen molar-refractivity contribution in [3.63, 3.8) is 0 Å². The molecule has 2 rings (SSSR count). The van der Waals surface area contributed by atoms with Crippen molar-refractivity contribution in [3.05, 3.63) is 29.3 Å². The summed E-state index contributed by atoms with van der Waals surface area (Å²) < 4.78 is 32.4. The summed E-state index contributed by atoms with van der Waals surface area (Å²) in [7, 11) is 0. The van der Waals surface area contributed by atoms with E-state index in [1.54, 1.807) is 0 Å². The van der Waals surface area contributed by atoms with Gasteiger partial charge in [0, 0.05) is 18.1 Å². The number of carbonyl (C=O) groups excluding carboxylic acids is 1. The topological polar surface area (TPSA) is 26.3 Å². The summed E-state index contributed by atoms with van der Waals surface area (Å²) in [6.07, 6.45) is 2.21. The molecule has 0 aromatic heterocycles. The van der Waals surface area contributed by atoms with E-state index in [9.17, 15) is 13.6 Å². The van der Waals surface area contributed by atoms with E-state index >= 15 is 0 Å². The maximum atomic E-state index is 13.6. The molecule has 1 aliphatic carbocycles. The fourth-order valence-corrected chi connectivity index (χ4v) is 1.64. The summed E-state index contributed by atoms with van der Waals surface area (Å²) in [5, 5.41) is 0. The lowest BCUT2D eigenvalue weighted by Crippen LogP contribution is -2.08. The molecule has 0 saturated heterocycles. The van der Waals surface area contributed by atoms with Crippen molar-refractivity contribution in [1.29, 1.82) is 0 Å². The molecule has 0 heterocycles. The van der Waals surface area contributed by atoms with Gasteiger partial charge in [0.15, 0.2) is 5.78 Å². The smallest absolute Gasteiger partial charge is 0.171 e. The summed E-state index contributed by atoms with van der Waals surface area (Å²) >= 11 is 0. The van der Waals surface area contributed by atoms with Crippen LogP contribution in [0, 0.1) is 17.6 Å². The monoisotopic (exact) mass is 240 g/mol. The van der Waals surface area contributed by atoms with Crippen LogP contribution in [0.15, 0.2) is 12.1 Å². The molecule has 0 amide bonds. The first-order valence-corrected chi connectivity index (χ1v) is 5.79. The maximum absolute atomic E-state index is 13.6. The summed E-state index contributed by atoms with van der Waals surface area (Å²) in [6.45, 7) is 2.30. The molecular weight excluding hydrogens is 226 g/mol. The van der Waals surface area contributed by atoms with Gasteiger partial charge in [-0.25, -0.2) is 8.78 Å². The molecule has 0 bridgehead atoms.